The second kappa shape index (κ2) is 6.56. The molecule has 2 aromatic rings. The van der Waals surface area contributed by atoms with Crippen molar-refractivity contribution in [2.24, 2.45) is 0 Å². The SMILES string of the molecule is CC(=O)Nc1ccc(NC(=O)/C=C/c2ccc(C)o2)cc1. The van der Waals surface area contributed by atoms with Crippen LogP contribution in [0.3, 0.4) is 0 Å². The normalized spacial score (nSPS) is 10.6. The summed E-state index contributed by atoms with van der Waals surface area (Å²) < 4.78 is 5.33. The van der Waals surface area contributed by atoms with Crippen LogP contribution in [0.15, 0.2) is 46.9 Å². The number of benzene rings is 1. The van der Waals surface area contributed by atoms with Crippen LogP contribution in [0.5, 0.6) is 0 Å². The highest BCUT2D eigenvalue weighted by molar-refractivity contribution is 6.01. The largest absolute Gasteiger partial charge is 0.462 e. The second-order valence-electron chi connectivity index (χ2n) is 4.53. The number of hydrogen-bond donors (Lipinski definition) is 2. The van der Waals surface area contributed by atoms with Gasteiger partial charge in [0.25, 0.3) is 0 Å². The Morgan fingerprint density at radius 3 is 2.14 bits per heavy atom. The number of rotatable bonds is 4. The maximum Gasteiger partial charge on any atom is 0.248 e. The minimum Gasteiger partial charge on any atom is -0.462 e. The summed E-state index contributed by atoms with van der Waals surface area (Å²) in [5.74, 6) is 1.03. The van der Waals surface area contributed by atoms with Gasteiger partial charge in [0.1, 0.15) is 11.5 Å². The third-order valence-corrected chi connectivity index (χ3v) is 2.63. The summed E-state index contributed by atoms with van der Waals surface area (Å²) in [5.41, 5.74) is 1.33. The van der Waals surface area contributed by atoms with E-state index in [1.165, 1.54) is 13.0 Å². The van der Waals surface area contributed by atoms with Crippen molar-refractivity contribution in [2.75, 3.05) is 10.6 Å². The highest BCUT2D eigenvalue weighted by Crippen LogP contribution is 2.14. The Hall–Kier alpha value is -2.82. The van der Waals surface area contributed by atoms with Gasteiger partial charge in [0.05, 0.1) is 0 Å². The molecule has 0 atom stereocenters. The second-order valence-corrected chi connectivity index (χ2v) is 4.53. The zero-order valence-electron chi connectivity index (χ0n) is 11.8. The summed E-state index contributed by atoms with van der Waals surface area (Å²) in [6.45, 7) is 3.28. The summed E-state index contributed by atoms with van der Waals surface area (Å²) in [6.07, 6.45) is 3.01. The van der Waals surface area contributed by atoms with Gasteiger partial charge in [0.15, 0.2) is 0 Å². The van der Waals surface area contributed by atoms with Gasteiger partial charge in [-0.15, -0.1) is 0 Å². The van der Waals surface area contributed by atoms with Crippen molar-refractivity contribution >= 4 is 29.3 Å². The van der Waals surface area contributed by atoms with Crippen LogP contribution in [0.4, 0.5) is 11.4 Å². The first-order valence-corrected chi connectivity index (χ1v) is 6.46. The monoisotopic (exact) mass is 284 g/mol. The van der Waals surface area contributed by atoms with E-state index in [-0.39, 0.29) is 11.8 Å². The van der Waals surface area contributed by atoms with Gasteiger partial charge in [-0.1, -0.05) is 0 Å². The molecule has 2 rings (SSSR count). The molecule has 0 aliphatic heterocycles. The summed E-state index contributed by atoms with van der Waals surface area (Å²) >= 11 is 0. The van der Waals surface area contributed by atoms with Crippen molar-refractivity contribution in [2.45, 2.75) is 13.8 Å². The van der Waals surface area contributed by atoms with Crippen LogP contribution >= 0.6 is 0 Å². The number of carbonyl (C=O) groups is 2. The first kappa shape index (κ1) is 14.6. The Morgan fingerprint density at radius 2 is 1.62 bits per heavy atom. The average Bonchev–Trinajstić information content (AvgIpc) is 2.84. The van der Waals surface area contributed by atoms with E-state index in [1.54, 1.807) is 36.4 Å². The summed E-state index contributed by atoms with van der Waals surface area (Å²) in [7, 11) is 0. The van der Waals surface area contributed by atoms with Crippen LogP contribution < -0.4 is 10.6 Å². The molecule has 0 fully saturated rings. The molecule has 5 heteroatoms. The molecule has 21 heavy (non-hydrogen) atoms. The fourth-order valence-corrected chi connectivity index (χ4v) is 1.72. The molecule has 108 valence electrons. The third kappa shape index (κ3) is 4.65. The van der Waals surface area contributed by atoms with E-state index in [0.29, 0.717) is 17.1 Å². The molecule has 0 bridgehead atoms. The van der Waals surface area contributed by atoms with E-state index in [1.807, 2.05) is 13.0 Å². The van der Waals surface area contributed by atoms with Gasteiger partial charge >= 0.3 is 0 Å². The molecule has 2 amide bonds. The van der Waals surface area contributed by atoms with E-state index in [4.69, 9.17) is 4.42 Å². The predicted octanol–water partition coefficient (Wildman–Crippen LogP) is 3.20. The molecule has 2 N–H and O–H groups in total. The number of nitrogens with one attached hydrogen (secondary N) is 2. The van der Waals surface area contributed by atoms with Gasteiger partial charge in [-0.3, -0.25) is 9.59 Å². The Kier molecular flexibility index (Phi) is 4.56. The fourth-order valence-electron chi connectivity index (χ4n) is 1.72. The Labute approximate surface area is 122 Å². The quantitative estimate of drug-likeness (QED) is 0.847. The lowest BCUT2D eigenvalue weighted by atomic mass is 10.2. The van der Waals surface area contributed by atoms with Crippen molar-refractivity contribution in [1.82, 2.24) is 0 Å². The molecule has 1 aromatic heterocycles. The lowest BCUT2D eigenvalue weighted by Crippen LogP contribution is -2.08. The predicted molar refractivity (Wildman–Crippen MR) is 81.9 cm³/mol. The van der Waals surface area contributed by atoms with Gasteiger partial charge in [0.2, 0.25) is 11.8 Å². The van der Waals surface area contributed by atoms with Crippen LogP contribution in [-0.2, 0) is 9.59 Å². The van der Waals surface area contributed by atoms with Gasteiger partial charge in [-0.25, -0.2) is 0 Å². The standard InChI is InChI=1S/C16H16N2O3/c1-11-3-8-15(21-11)9-10-16(20)18-14-6-4-13(5-7-14)17-12(2)19/h3-10H,1-2H3,(H,17,19)(H,18,20)/b10-9+. The number of aryl methyl sites for hydroxylation is 1. The van der Waals surface area contributed by atoms with Crippen molar-refractivity contribution in [3.05, 3.63) is 54.0 Å². The average molecular weight is 284 g/mol. The minimum absolute atomic E-state index is 0.136. The first-order chi connectivity index (χ1) is 10.0. The molecule has 0 aliphatic carbocycles. The van der Waals surface area contributed by atoms with E-state index < -0.39 is 0 Å². The van der Waals surface area contributed by atoms with Gasteiger partial charge in [0, 0.05) is 24.4 Å². The van der Waals surface area contributed by atoms with Crippen LogP contribution in [0.1, 0.15) is 18.4 Å². The number of furan rings is 1. The molecule has 0 radical (unpaired) electrons. The number of anilines is 2. The zero-order valence-corrected chi connectivity index (χ0v) is 11.8. The molecule has 5 nitrogen and oxygen atoms in total. The zero-order chi connectivity index (χ0) is 15.2. The molecule has 1 heterocycles. The maximum atomic E-state index is 11.7. The van der Waals surface area contributed by atoms with Gasteiger partial charge in [-0.2, -0.15) is 0 Å². The van der Waals surface area contributed by atoms with Gasteiger partial charge in [-0.05, 0) is 49.4 Å². The number of carbonyl (C=O) groups excluding carboxylic acids is 2. The van der Waals surface area contributed by atoms with Crippen molar-refractivity contribution < 1.29 is 14.0 Å². The van der Waals surface area contributed by atoms with E-state index in [0.717, 1.165) is 5.76 Å². The molecule has 0 saturated carbocycles. The molecule has 1 aromatic carbocycles. The topological polar surface area (TPSA) is 71.3 Å². The van der Waals surface area contributed by atoms with E-state index in [2.05, 4.69) is 10.6 Å². The van der Waals surface area contributed by atoms with Crippen LogP contribution in [0, 0.1) is 6.92 Å². The van der Waals surface area contributed by atoms with Crippen LogP contribution in [0.25, 0.3) is 6.08 Å². The molecular formula is C16H16N2O3. The molecule has 0 aliphatic rings. The van der Waals surface area contributed by atoms with Crippen molar-refractivity contribution in [3.8, 4) is 0 Å². The van der Waals surface area contributed by atoms with Crippen molar-refractivity contribution in [3.63, 3.8) is 0 Å². The highest BCUT2D eigenvalue weighted by atomic mass is 16.3. The Bertz CT molecular complexity index is 669. The molecular weight excluding hydrogens is 268 g/mol. The molecule has 0 saturated heterocycles. The first-order valence-electron chi connectivity index (χ1n) is 6.46. The summed E-state index contributed by atoms with van der Waals surface area (Å²) in [5, 5.41) is 5.38. The third-order valence-electron chi connectivity index (χ3n) is 2.63. The fraction of sp³-hybridized carbons (Fsp3) is 0.125. The molecule has 0 spiro atoms. The lowest BCUT2D eigenvalue weighted by Gasteiger charge is -2.04. The Morgan fingerprint density at radius 1 is 1.00 bits per heavy atom. The Balaban J connectivity index is 1.93. The highest BCUT2D eigenvalue weighted by Gasteiger charge is 2.00. The molecule has 0 unspecified atom stereocenters. The smallest absolute Gasteiger partial charge is 0.248 e. The maximum absolute atomic E-state index is 11.7. The van der Waals surface area contributed by atoms with E-state index >= 15 is 0 Å². The number of amides is 2. The van der Waals surface area contributed by atoms with Crippen LogP contribution in [0.2, 0.25) is 0 Å². The summed E-state index contributed by atoms with van der Waals surface area (Å²) in [6, 6.07) is 10.5. The lowest BCUT2D eigenvalue weighted by molar-refractivity contribution is -0.114. The van der Waals surface area contributed by atoms with Crippen molar-refractivity contribution in [1.29, 1.82) is 0 Å². The summed E-state index contributed by atoms with van der Waals surface area (Å²) in [4.78, 5) is 22.6. The minimum atomic E-state index is -0.253. The number of hydrogen-bond acceptors (Lipinski definition) is 3. The van der Waals surface area contributed by atoms with Gasteiger partial charge < -0.3 is 15.1 Å². The van der Waals surface area contributed by atoms with Crippen LogP contribution in [-0.4, -0.2) is 11.8 Å². The van der Waals surface area contributed by atoms with E-state index in [9.17, 15) is 9.59 Å².